The lowest BCUT2D eigenvalue weighted by Gasteiger charge is -2.32. The van der Waals surface area contributed by atoms with E-state index in [2.05, 4.69) is 34.4 Å². The number of amides is 1. The predicted octanol–water partition coefficient (Wildman–Crippen LogP) is 4.01. The van der Waals surface area contributed by atoms with Gasteiger partial charge in [-0.05, 0) is 31.7 Å². The summed E-state index contributed by atoms with van der Waals surface area (Å²) in [4.78, 5) is 15.1. The predicted molar refractivity (Wildman–Crippen MR) is 109 cm³/mol. The van der Waals surface area contributed by atoms with E-state index in [1.54, 1.807) is 6.20 Å². The zero-order chi connectivity index (χ0) is 19.5. The van der Waals surface area contributed by atoms with Crippen molar-refractivity contribution in [1.29, 1.82) is 0 Å². The number of piperidine rings is 1. The Morgan fingerprint density at radius 3 is 2.86 bits per heavy atom. The number of aromatic amines is 1. The van der Waals surface area contributed by atoms with E-state index in [9.17, 15) is 4.79 Å². The van der Waals surface area contributed by atoms with E-state index in [0.717, 1.165) is 60.4 Å². The van der Waals surface area contributed by atoms with Crippen LogP contribution in [0.3, 0.4) is 0 Å². The monoisotopic (exact) mass is 377 g/mol. The van der Waals surface area contributed by atoms with Gasteiger partial charge in [0.1, 0.15) is 0 Å². The van der Waals surface area contributed by atoms with Crippen molar-refractivity contribution in [2.24, 2.45) is 0 Å². The summed E-state index contributed by atoms with van der Waals surface area (Å²) in [5.41, 5.74) is 5.10. The number of hydrogen-bond acceptors (Lipinski definition) is 3. The van der Waals surface area contributed by atoms with Crippen LogP contribution in [0.5, 0.6) is 0 Å². The Labute approximate surface area is 165 Å². The lowest BCUT2D eigenvalue weighted by Crippen LogP contribution is -2.39. The Bertz CT molecular complexity index is 943. The zero-order valence-corrected chi connectivity index (χ0v) is 16.6. The molecule has 0 saturated carbocycles. The highest BCUT2D eigenvalue weighted by Crippen LogP contribution is 2.33. The van der Waals surface area contributed by atoms with Gasteiger partial charge in [-0.3, -0.25) is 14.6 Å². The average molecular weight is 377 g/mol. The van der Waals surface area contributed by atoms with Gasteiger partial charge in [0.15, 0.2) is 0 Å². The third kappa shape index (κ3) is 3.46. The minimum atomic E-state index is 0.0883. The van der Waals surface area contributed by atoms with Gasteiger partial charge in [-0.1, -0.05) is 37.3 Å². The molecule has 2 aromatic heterocycles. The van der Waals surface area contributed by atoms with Crippen LogP contribution < -0.4 is 0 Å². The topological polar surface area (TPSA) is 66.8 Å². The van der Waals surface area contributed by atoms with Crippen molar-refractivity contribution in [3.8, 4) is 11.1 Å². The molecule has 0 bridgehead atoms. The summed E-state index contributed by atoms with van der Waals surface area (Å²) in [5.74, 6) is 0.353. The lowest BCUT2D eigenvalue weighted by atomic mass is 9.90. The Morgan fingerprint density at radius 1 is 1.25 bits per heavy atom. The molecular weight excluding hydrogens is 350 g/mol. The molecule has 6 nitrogen and oxygen atoms in total. The molecule has 1 atom stereocenters. The van der Waals surface area contributed by atoms with Crippen molar-refractivity contribution >= 4 is 5.91 Å². The maximum atomic E-state index is 13.2. The van der Waals surface area contributed by atoms with Gasteiger partial charge in [0.25, 0.3) is 5.91 Å². The van der Waals surface area contributed by atoms with Crippen LogP contribution in [-0.4, -0.2) is 43.9 Å². The second-order valence-corrected chi connectivity index (χ2v) is 7.52. The number of rotatable bonds is 5. The quantitative estimate of drug-likeness (QED) is 0.730. The molecule has 0 spiro atoms. The third-order valence-corrected chi connectivity index (χ3v) is 5.64. The van der Waals surface area contributed by atoms with Crippen LogP contribution in [0.15, 0.2) is 42.7 Å². The molecule has 0 unspecified atom stereocenters. The number of nitrogens with zero attached hydrogens (tertiary/aromatic N) is 4. The summed E-state index contributed by atoms with van der Waals surface area (Å²) in [6.07, 6.45) is 6.67. The van der Waals surface area contributed by atoms with E-state index >= 15 is 0 Å². The standard InChI is InChI=1S/C22H27N5O/c1-3-11-27-16(2)19(14-24-27)22(28)26-12-7-10-18(15-26)21-20(13-23-25-21)17-8-5-4-6-9-17/h4-6,8-9,13-14,18H,3,7,10-12,15H2,1-2H3,(H,23,25)/t18-/m0/s1. The zero-order valence-electron chi connectivity index (χ0n) is 16.6. The number of hydrogen-bond donors (Lipinski definition) is 1. The molecule has 1 amide bonds. The molecule has 3 heterocycles. The normalized spacial score (nSPS) is 17.1. The molecule has 3 aromatic rings. The minimum absolute atomic E-state index is 0.0883. The van der Waals surface area contributed by atoms with E-state index in [1.807, 2.05) is 40.9 Å². The van der Waals surface area contributed by atoms with E-state index < -0.39 is 0 Å². The number of aryl methyl sites for hydroxylation is 1. The second kappa shape index (κ2) is 8.00. The Morgan fingerprint density at radius 2 is 2.07 bits per heavy atom. The van der Waals surface area contributed by atoms with Crippen LogP contribution in [0.2, 0.25) is 0 Å². The third-order valence-electron chi connectivity index (χ3n) is 5.64. The van der Waals surface area contributed by atoms with Crippen LogP contribution in [-0.2, 0) is 6.54 Å². The molecule has 6 heteroatoms. The smallest absolute Gasteiger partial charge is 0.257 e. The van der Waals surface area contributed by atoms with Crippen molar-refractivity contribution in [1.82, 2.24) is 24.9 Å². The van der Waals surface area contributed by atoms with Crippen molar-refractivity contribution in [3.63, 3.8) is 0 Å². The van der Waals surface area contributed by atoms with Crippen LogP contribution in [0.25, 0.3) is 11.1 Å². The molecule has 1 aliphatic heterocycles. The maximum absolute atomic E-state index is 13.2. The molecule has 1 aliphatic rings. The van der Waals surface area contributed by atoms with Gasteiger partial charge in [-0.25, -0.2) is 0 Å². The first-order chi connectivity index (χ1) is 13.7. The van der Waals surface area contributed by atoms with Crippen LogP contribution >= 0.6 is 0 Å². The number of carbonyl (C=O) groups excluding carboxylic acids is 1. The summed E-state index contributed by atoms with van der Waals surface area (Å²) in [5, 5.41) is 11.9. The summed E-state index contributed by atoms with van der Waals surface area (Å²) in [6.45, 7) is 6.45. The molecule has 1 saturated heterocycles. The molecule has 4 rings (SSSR count). The van der Waals surface area contributed by atoms with Gasteiger partial charge in [-0.15, -0.1) is 0 Å². The van der Waals surface area contributed by atoms with Crippen LogP contribution in [0, 0.1) is 6.92 Å². The van der Waals surface area contributed by atoms with Gasteiger partial charge in [0, 0.05) is 42.5 Å². The van der Waals surface area contributed by atoms with Gasteiger partial charge in [0.05, 0.1) is 18.0 Å². The fraction of sp³-hybridized carbons (Fsp3) is 0.409. The Kier molecular flexibility index (Phi) is 5.28. The SMILES string of the molecule is CCCn1ncc(C(=O)N2CCC[C@H](c3[nH]ncc3-c3ccccc3)C2)c1C. The molecule has 146 valence electrons. The molecule has 1 aromatic carbocycles. The van der Waals surface area contributed by atoms with Gasteiger partial charge in [0.2, 0.25) is 0 Å². The first kappa shape index (κ1) is 18.5. The Hall–Kier alpha value is -2.89. The van der Waals surface area contributed by atoms with Crippen molar-refractivity contribution in [2.45, 2.75) is 45.6 Å². The van der Waals surface area contributed by atoms with Crippen molar-refractivity contribution in [3.05, 3.63) is 59.7 Å². The lowest BCUT2D eigenvalue weighted by molar-refractivity contribution is 0.0705. The van der Waals surface area contributed by atoms with Crippen molar-refractivity contribution < 1.29 is 4.79 Å². The maximum Gasteiger partial charge on any atom is 0.257 e. The highest BCUT2D eigenvalue weighted by molar-refractivity contribution is 5.95. The largest absolute Gasteiger partial charge is 0.338 e. The van der Waals surface area contributed by atoms with Crippen molar-refractivity contribution in [2.75, 3.05) is 13.1 Å². The number of nitrogens with one attached hydrogen (secondary N) is 1. The van der Waals surface area contributed by atoms with Gasteiger partial charge < -0.3 is 4.90 Å². The Balaban J connectivity index is 1.54. The second-order valence-electron chi connectivity index (χ2n) is 7.52. The first-order valence-corrected chi connectivity index (χ1v) is 10.1. The summed E-state index contributed by atoms with van der Waals surface area (Å²) in [7, 11) is 0. The van der Waals surface area contributed by atoms with E-state index in [-0.39, 0.29) is 11.8 Å². The molecule has 28 heavy (non-hydrogen) atoms. The molecule has 0 radical (unpaired) electrons. The van der Waals surface area contributed by atoms with Crippen LogP contribution in [0.4, 0.5) is 0 Å². The molecule has 1 N–H and O–H groups in total. The van der Waals surface area contributed by atoms with E-state index in [0.29, 0.717) is 6.54 Å². The highest BCUT2D eigenvalue weighted by atomic mass is 16.2. The number of benzene rings is 1. The number of carbonyl (C=O) groups is 1. The molecule has 1 fully saturated rings. The average Bonchev–Trinajstić information content (AvgIpc) is 3.36. The summed E-state index contributed by atoms with van der Waals surface area (Å²) in [6, 6.07) is 10.3. The summed E-state index contributed by atoms with van der Waals surface area (Å²) < 4.78 is 1.93. The summed E-state index contributed by atoms with van der Waals surface area (Å²) >= 11 is 0. The number of likely N-dealkylation sites (tertiary alicyclic amines) is 1. The highest BCUT2D eigenvalue weighted by Gasteiger charge is 2.29. The van der Waals surface area contributed by atoms with E-state index in [1.165, 1.54) is 0 Å². The van der Waals surface area contributed by atoms with Crippen LogP contribution in [0.1, 0.15) is 53.8 Å². The van der Waals surface area contributed by atoms with Gasteiger partial charge in [-0.2, -0.15) is 10.2 Å². The number of H-pyrrole nitrogens is 1. The molecule has 0 aliphatic carbocycles. The van der Waals surface area contributed by atoms with Gasteiger partial charge >= 0.3 is 0 Å². The fourth-order valence-corrected chi connectivity index (χ4v) is 4.12. The fourth-order valence-electron chi connectivity index (χ4n) is 4.12. The molecular formula is C22H27N5O. The first-order valence-electron chi connectivity index (χ1n) is 10.1. The number of aromatic nitrogens is 4. The minimum Gasteiger partial charge on any atom is -0.338 e. The van der Waals surface area contributed by atoms with E-state index in [4.69, 9.17) is 0 Å².